The largest absolute Gasteiger partial charge is 0.347 e. The third kappa shape index (κ3) is 18.6. The molecule has 0 aromatic carbocycles. The summed E-state index contributed by atoms with van der Waals surface area (Å²) in [4.78, 5) is 12.3. The molecule has 5 heteroatoms. The molecule has 0 aliphatic carbocycles. The number of hydrogen-bond acceptors (Lipinski definition) is 4. The van der Waals surface area contributed by atoms with Gasteiger partial charge < -0.3 is 9.84 Å². The van der Waals surface area contributed by atoms with E-state index in [9.17, 15) is 15.1 Å². The second kappa shape index (κ2) is 24.1. The van der Waals surface area contributed by atoms with E-state index in [2.05, 4.69) is 13.8 Å². The van der Waals surface area contributed by atoms with Crippen LogP contribution in [0.1, 0.15) is 168 Å². The molecule has 1 atom stereocenters. The summed E-state index contributed by atoms with van der Waals surface area (Å²) in [6, 6.07) is 0. The van der Waals surface area contributed by atoms with Crippen LogP contribution in [0.4, 0.5) is 0 Å². The van der Waals surface area contributed by atoms with Gasteiger partial charge in [0.05, 0.1) is 6.61 Å². The lowest BCUT2D eigenvalue weighted by Gasteiger charge is -2.33. The lowest BCUT2D eigenvalue weighted by molar-refractivity contribution is -0.361. The number of unbranched alkanes of at least 4 members (excludes halogenated alkanes) is 19. The number of nitrogens with zero attached hydrogens (tertiary/aromatic N) is 1. The van der Waals surface area contributed by atoms with Gasteiger partial charge in [-0.3, -0.25) is 10.0 Å². The Balaban J connectivity index is 3.72. The molecule has 0 aromatic heterocycles. The number of amides is 1. The van der Waals surface area contributed by atoms with Crippen molar-refractivity contribution >= 4 is 5.91 Å². The van der Waals surface area contributed by atoms with Gasteiger partial charge in [-0.05, 0) is 12.8 Å². The minimum absolute atomic E-state index is 0.144. The van der Waals surface area contributed by atoms with E-state index in [1.165, 1.54) is 103 Å². The molecule has 1 amide bonds. The molecule has 0 heterocycles. The molecule has 0 radical (unpaired) electrons. The molecule has 1 unspecified atom stereocenters. The van der Waals surface area contributed by atoms with Crippen molar-refractivity contribution in [2.75, 3.05) is 6.61 Å². The molecule has 0 rings (SSSR count). The fourth-order valence-electron chi connectivity index (χ4n) is 4.38. The molecular weight excluding hydrogens is 426 g/mol. The van der Waals surface area contributed by atoms with Crippen LogP contribution in [0.3, 0.4) is 0 Å². The Bertz CT molecular complexity index is 446. The minimum atomic E-state index is -1.91. The second-order valence-corrected chi connectivity index (χ2v) is 10.1. The topological polar surface area (TPSA) is 70.0 Å². The molecule has 0 spiro atoms. The Hall–Kier alpha value is -0.650. The number of carbonyl (C=O) groups excluding carboxylic acids is 1. The van der Waals surface area contributed by atoms with Gasteiger partial charge in [-0.25, -0.2) is 0 Å². The van der Waals surface area contributed by atoms with Crippen LogP contribution >= 0.6 is 0 Å². The number of ether oxygens (including phenoxy) is 1. The van der Waals surface area contributed by atoms with Gasteiger partial charge in [0.25, 0.3) is 11.8 Å². The van der Waals surface area contributed by atoms with Crippen LogP contribution in [0, 0.1) is 0 Å². The minimum Gasteiger partial charge on any atom is -0.347 e. The Labute approximate surface area is 212 Å². The highest BCUT2D eigenvalue weighted by Gasteiger charge is 2.36. The average Bonchev–Trinajstić information content (AvgIpc) is 2.85. The summed E-state index contributed by atoms with van der Waals surface area (Å²) in [6.07, 6.45) is 26.2. The van der Waals surface area contributed by atoms with Gasteiger partial charge in [0.15, 0.2) is 0 Å². The van der Waals surface area contributed by atoms with Crippen molar-refractivity contribution < 1.29 is 19.8 Å². The normalized spacial score (nSPS) is 13.2. The smallest absolute Gasteiger partial charge is 0.274 e. The summed E-state index contributed by atoms with van der Waals surface area (Å²) in [5.74, 6) is -2.37. The summed E-state index contributed by atoms with van der Waals surface area (Å²) in [5.41, 5.74) is 0. The van der Waals surface area contributed by atoms with Crippen LogP contribution in [-0.4, -0.2) is 33.8 Å². The standard InChI is InChI=1S/C29H59NO4/c1-4-7-9-11-13-14-15-16-17-18-19-21-23-25-27-34-29(32,6-3)30(33)28(31)26-24-22-20-12-10-8-5-2/h32-33H,4-27H2,1-3H3. The van der Waals surface area contributed by atoms with E-state index in [4.69, 9.17) is 4.74 Å². The first kappa shape index (κ1) is 33.4. The van der Waals surface area contributed by atoms with Gasteiger partial charge in [0.1, 0.15) is 0 Å². The van der Waals surface area contributed by atoms with Crippen LogP contribution < -0.4 is 0 Å². The first-order chi connectivity index (χ1) is 16.5. The number of aliphatic hydroxyl groups is 1. The SMILES string of the molecule is CCCCCCCCCCCCCCCCOC(O)(CC)N(O)C(=O)CCCCCCCCC. The molecule has 0 bridgehead atoms. The van der Waals surface area contributed by atoms with Gasteiger partial charge >= 0.3 is 0 Å². The molecule has 204 valence electrons. The Morgan fingerprint density at radius 3 is 1.35 bits per heavy atom. The van der Waals surface area contributed by atoms with Crippen LogP contribution in [0.5, 0.6) is 0 Å². The van der Waals surface area contributed by atoms with Crippen molar-refractivity contribution in [3.8, 4) is 0 Å². The first-order valence-corrected chi connectivity index (χ1v) is 14.9. The molecule has 0 aromatic rings. The highest BCUT2D eigenvalue weighted by Crippen LogP contribution is 2.20. The van der Waals surface area contributed by atoms with E-state index < -0.39 is 11.8 Å². The molecule has 0 saturated heterocycles. The number of hydroxylamine groups is 2. The monoisotopic (exact) mass is 485 g/mol. The predicted octanol–water partition coefficient (Wildman–Crippen LogP) is 8.90. The van der Waals surface area contributed by atoms with Crippen LogP contribution in [-0.2, 0) is 9.53 Å². The Morgan fingerprint density at radius 2 is 0.971 bits per heavy atom. The highest BCUT2D eigenvalue weighted by molar-refractivity contribution is 5.75. The van der Waals surface area contributed by atoms with Gasteiger partial charge in [0, 0.05) is 12.8 Å². The zero-order chi connectivity index (χ0) is 25.3. The molecule has 2 N–H and O–H groups in total. The summed E-state index contributed by atoms with van der Waals surface area (Å²) < 4.78 is 5.55. The van der Waals surface area contributed by atoms with Crippen molar-refractivity contribution in [3.05, 3.63) is 0 Å². The van der Waals surface area contributed by atoms with Crippen LogP contribution in [0.25, 0.3) is 0 Å². The number of rotatable bonds is 26. The number of carbonyl (C=O) groups is 1. The van der Waals surface area contributed by atoms with E-state index in [0.717, 1.165) is 32.1 Å². The van der Waals surface area contributed by atoms with Crippen molar-refractivity contribution in [2.45, 2.75) is 174 Å². The summed E-state index contributed by atoms with van der Waals surface area (Å²) in [7, 11) is 0. The predicted molar refractivity (Wildman–Crippen MR) is 143 cm³/mol. The van der Waals surface area contributed by atoms with Crippen molar-refractivity contribution in [1.82, 2.24) is 5.06 Å². The Morgan fingerprint density at radius 1 is 0.618 bits per heavy atom. The quantitative estimate of drug-likeness (QED) is 0.0555. The molecule has 0 aliphatic rings. The van der Waals surface area contributed by atoms with Crippen LogP contribution in [0.15, 0.2) is 0 Å². The zero-order valence-corrected chi connectivity index (χ0v) is 23.1. The molecule has 34 heavy (non-hydrogen) atoms. The maximum atomic E-state index is 12.3. The van der Waals surface area contributed by atoms with Gasteiger partial charge in [-0.1, -0.05) is 143 Å². The lowest BCUT2D eigenvalue weighted by Crippen LogP contribution is -2.51. The van der Waals surface area contributed by atoms with E-state index in [-0.39, 0.29) is 12.8 Å². The molecule has 5 nitrogen and oxygen atoms in total. The average molecular weight is 486 g/mol. The van der Waals surface area contributed by atoms with Gasteiger partial charge in [0.2, 0.25) is 0 Å². The van der Waals surface area contributed by atoms with E-state index >= 15 is 0 Å². The first-order valence-electron chi connectivity index (χ1n) is 14.9. The second-order valence-electron chi connectivity index (χ2n) is 10.1. The number of hydrogen-bond donors (Lipinski definition) is 2. The van der Waals surface area contributed by atoms with Crippen molar-refractivity contribution in [1.29, 1.82) is 0 Å². The third-order valence-electron chi connectivity index (χ3n) is 6.85. The van der Waals surface area contributed by atoms with Gasteiger partial charge in [-0.2, -0.15) is 5.06 Å². The molecule has 0 fully saturated rings. The van der Waals surface area contributed by atoms with Crippen molar-refractivity contribution in [2.24, 2.45) is 0 Å². The Kier molecular flexibility index (Phi) is 23.6. The maximum absolute atomic E-state index is 12.3. The molecule has 0 saturated carbocycles. The fourth-order valence-corrected chi connectivity index (χ4v) is 4.38. The summed E-state index contributed by atoms with van der Waals surface area (Å²) in [6.45, 7) is 6.53. The zero-order valence-electron chi connectivity index (χ0n) is 23.1. The van der Waals surface area contributed by atoms with E-state index in [1.54, 1.807) is 6.92 Å². The lowest BCUT2D eigenvalue weighted by atomic mass is 10.0. The van der Waals surface area contributed by atoms with E-state index in [0.29, 0.717) is 11.7 Å². The third-order valence-corrected chi connectivity index (χ3v) is 6.85. The molecule has 0 aliphatic heterocycles. The summed E-state index contributed by atoms with van der Waals surface area (Å²) >= 11 is 0. The molecular formula is C29H59NO4. The van der Waals surface area contributed by atoms with Gasteiger partial charge in [-0.15, -0.1) is 0 Å². The van der Waals surface area contributed by atoms with E-state index in [1.807, 2.05) is 0 Å². The maximum Gasteiger partial charge on any atom is 0.274 e. The fraction of sp³-hybridized carbons (Fsp3) is 0.966. The summed E-state index contributed by atoms with van der Waals surface area (Å²) in [5, 5.41) is 21.3. The van der Waals surface area contributed by atoms with Crippen molar-refractivity contribution in [3.63, 3.8) is 0 Å². The van der Waals surface area contributed by atoms with Crippen LogP contribution in [0.2, 0.25) is 0 Å². The highest BCUT2D eigenvalue weighted by atomic mass is 16.7.